The molecule has 0 aliphatic carbocycles. The first-order valence-corrected chi connectivity index (χ1v) is 5.91. The van der Waals surface area contributed by atoms with E-state index in [2.05, 4.69) is 9.97 Å². The molecular formula is C13H16N4O. The van der Waals surface area contributed by atoms with Crippen LogP contribution >= 0.6 is 0 Å². The Balaban J connectivity index is 0.000000574. The maximum atomic E-state index is 9.89. The van der Waals surface area contributed by atoms with E-state index in [1.807, 2.05) is 38.1 Å². The van der Waals surface area contributed by atoms with E-state index in [1.54, 1.807) is 6.92 Å². The number of imidazole rings is 1. The third-order valence-electron chi connectivity index (χ3n) is 2.66. The number of benzene rings is 1. The van der Waals surface area contributed by atoms with Gasteiger partial charge < -0.3 is 10.9 Å². The molecule has 0 saturated carbocycles. The summed E-state index contributed by atoms with van der Waals surface area (Å²) in [7, 11) is 0. The molecule has 3 aromatic rings. The zero-order valence-electron chi connectivity index (χ0n) is 10.7. The Kier molecular flexibility index (Phi) is 3.06. The Morgan fingerprint density at radius 2 is 1.83 bits per heavy atom. The number of hydrogen-bond donors (Lipinski definition) is 2. The number of aryl methyl sites for hydroxylation is 1. The molecule has 3 N–H and O–H groups in total. The minimum atomic E-state index is 0.338. The molecule has 0 spiro atoms. The van der Waals surface area contributed by atoms with Crippen LogP contribution < -0.4 is 5.73 Å². The molecule has 0 aliphatic rings. The molecule has 0 amide bonds. The van der Waals surface area contributed by atoms with Crippen molar-refractivity contribution >= 4 is 27.8 Å². The van der Waals surface area contributed by atoms with E-state index in [1.165, 1.54) is 0 Å². The Morgan fingerprint density at radius 1 is 1.17 bits per heavy atom. The summed E-state index contributed by atoms with van der Waals surface area (Å²) >= 11 is 0. The van der Waals surface area contributed by atoms with Crippen LogP contribution in [0.4, 0.5) is 5.82 Å². The number of nitrogens with two attached hydrogens (primary N) is 1. The molecule has 18 heavy (non-hydrogen) atoms. The molecule has 0 radical (unpaired) electrons. The maximum absolute atomic E-state index is 9.89. The predicted molar refractivity (Wildman–Crippen MR) is 72.7 cm³/mol. The summed E-state index contributed by atoms with van der Waals surface area (Å²) in [6, 6.07) is 7.51. The Bertz CT molecular complexity index is 703. The lowest BCUT2D eigenvalue weighted by Crippen LogP contribution is -1.96. The number of aromatic nitrogens is 3. The largest absolute Gasteiger partial charge is 0.427 e. The van der Waals surface area contributed by atoms with Crippen molar-refractivity contribution in [2.45, 2.75) is 20.8 Å². The van der Waals surface area contributed by atoms with Crippen molar-refractivity contribution in [1.82, 2.24) is 14.7 Å². The lowest BCUT2D eigenvalue weighted by Gasteiger charge is -2.02. The fraction of sp³-hybridized carbons (Fsp3) is 0.231. The zero-order chi connectivity index (χ0) is 13.3. The predicted octanol–water partition coefficient (Wildman–Crippen LogP) is 2.74. The number of nitrogen functional groups attached to an aromatic ring is 1. The average molecular weight is 244 g/mol. The lowest BCUT2D eigenvalue weighted by molar-refractivity contribution is 0.191. The van der Waals surface area contributed by atoms with E-state index in [0.717, 1.165) is 15.6 Å². The molecule has 94 valence electrons. The maximum Gasteiger partial charge on any atom is 0.152 e. The van der Waals surface area contributed by atoms with Gasteiger partial charge in [0.05, 0.1) is 5.52 Å². The first-order valence-electron chi connectivity index (χ1n) is 5.91. The third kappa shape index (κ3) is 1.64. The van der Waals surface area contributed by atoms with E-state index < -0.39 is 0 Å². The van der Waals surface area contributed by atoms with Gasteiger partial charge in [0.15, 0.2) is 5.82 Å². The van der Waals surface area contributed by atoms with E-state index >= 15 is 0 Å². The van der Waals surface area contributed by atoms with Gasteiger partial charge in [0.25, 0.3) is 0 Å². The van der Waals surface area contributed by atoms with Crippen LogP contribution in [0.1, 0.15) is 19.7 Å². The van der Waals surface area contributed by atoms with Gasteiger partial charge in [-0.15, -0.1) is 0 Å². The van der Waals surface area contributed by atoms with Gasteiger partial charge in [0.2, 0.25) is 0 Å². The molecule has 0 aliphatic heterocycles. The SMILES string of the molecule is CC.Cc1nc2c(N)nc3ccccc3c2n1O. The fourth-order valence-electron chi connectivity index (χ4n) is 1.90. The van der Waals surface area contributed by atoms with E-state index in [4.69, 9.17) is 5.73 Å². The van der Waals surface area contributed by atoms with Gasteiger partial charge in [-0.3, -0.25) is 0 Å². The van der Waals surface area contributed by atoms with Crippen LogP contribution in [0.15, 0.2) is 24.3 Å². The molecule has 5 nitrogen and oxygen atoms in total. The van der Waals surface area contributed by atoms with Crippen LogP contribution in [0, 0.1) is 6.92 Å². The summed E-state index contributed by atoms with van der Waals surface area (Å²) < 4.78 is 1.05. The highest BCUT2D eigenvalue weighted by Crippen LogP contribution is 2.27. The summed E-state index contributed by atoms with van der Waals surface area (Å²) in [5.74, 6) is 0.837. The van der Waals surface area contributed by atoms with Gasteiger partial charge in [0, 0.05) is 5.39 Å². The molecule has 3 rings (SSSR count). The molecule has 0 atom stereocenters. The topological polar surface area (TPSA) is 77.0 Å². The highest BCUT2D eigenvalue weighted by molar-refractivity contribution is 6.06. The number of para-hydroxylation sites is 1. The standard InChI is InChI=1S/C11H10N4O.C2H6/c1-6-13-9-10(15(6)16)7-4-2-3-5-8(7)14-11(9)12;1-2/h2-5,16H,1H3,(H2,12,14);1-2H3. The quantitative estimate of drug-likeness (QED) is 0.596. The summed E-state index contributed by atoms with van der Waals surface area (Å²) in [5, 5.41) is 10.7. The van der Waals surface area contributed by atoms with E-state index in [-0.39, 0.29) is 0 Å². The van der Waals surface area contributed by atoms with Crippen LogP contribution in [0.3, 0.4) is 0 Å². The molecule has 0 saturated heterocycles. The zero-order valence-corrected chi connectivity index (χ0v) is 10.7. The second-order valence-electron chi connectivity index (χ2n) is 3.68. The van der Waals surface area contributed by atoms with Crippen LogP contribution in [0.2, 0.25) is 0 Å². The van der Waals surface area contributed by atoms with Crippen molar-refractivity contribution < 1.29 is 5.21 Å². The number of hydrogen-bond acceptors (Lipinski definition) is 4. The van der Waals surface area contributed by atoms with Crippen molar-refractivity contribution in [3.63, 3.8) is 0 Å². The summed E-state index contributed by atoms with van der Waals surface area (Å²) in [4.78, 5) is 8.44. The summed E-state index contributed by atoms with van der Waals surface area (Å²) in [6.07, 6.45) is 0. The molecule has 1 aromatic carbocycles. The van der Waals surface area contributed by atoms with Crippen molar-refractivity contribution in [3.05, 3.63) is 30.1 Å². The van der Waals surface area contributed by atoms with Gasteiger partial charge >= 0.3 is 0 Å². The number of anilines is 1. The van der Waals surface area contributed by atoms with Crippen molar-refractivity contribution in [2.24, 2.45) is 0 Å². The fourth-order valence-corrected chi connectivity index (χ4v) is 1.90. The first-order chi connectivity index (χ1) is 8.68. The van der Waals surface area contributed by atoms with Crippen LogP contribution in [0.5, 0.6) is 0 Å². The van der Waals surface area contributed by atoms with Gasteiger partial charge in [-0.2, -0.15) is 4.73 Å². The average Bonchev–Trinajstić information content (AvgIpc) is 2.70. The third-order valence-corrected chi connectivity index (χ3v) is 2.66. The molecule has 0 unspecified atom stereocenters. The summed E-state index contributed by atoms with van der Waals surface area (Å²) in [6.45, 7) is 5.72. The van der Waals surface area contributed by atoms with Crippen LogP contribution in [-0.2, 0) is 0 Å². The molecule has 2 aromatic heterocycles. The van der Waals surface area contributed by atoms with Gasteiger partial charge in [0.1, 0.15) is 16.9 Å². The Labute approximate surface area is 105 Å². The Hall–Kier alpha value is -2.30. The minimum absolute atomic E-state index is 0.338. The van der Waals surface area contributed by atoms with Gasteiger partial charge in [-0.25, -0.2) is 9.97 Å². The van der Waals surface area contributed by atoms with Crippen molar-refractivity contribution in [3.8, 4) is 0 Å². The number of rotatable bonds is 0. The highest BCUT2D eigenvalue weighted by Gasteiger charge is 2.13. The smallest absolute Gasteiger partial charge is 0.152 e. The highest BCUT2D eigenvalue weighted by atomic mass is 16.5. The second-order valence-corrected chi connectivity index (χ2v) is 3.68. The minimum Gasteiger partial charge on any atom is -0.427 e. The van der Waals surface area contributed by atoms with Crippen LogP contribution in [-0.4, -0.2) is 19.9 Å². The van der Waals surface area contributed by atoms with E-state index in [9.17, 15) is 5.21 Å². The van der Waals surface area contributed by atoms with E-state index in [0.29, 0.717) is 22.7 Å². The molecule has 0 bridgehead atoms. The number of nitrogens with zero attached hydrogens (tertiary/aromatic N) is 3. The summed E-state index contributed by atoms with van der Waals surface area (Å²) in [5.41, 5.74) is 7.71. The van der Waals surface area contributed by atoms with Gasteiger partial charge in [-0.05, 0) is 13.0 Å². The molecular weight excluding hydrogens is 228 g/mol. The monoisotopic (exact) mass is 244 g/mol. The van der Waals surface area contributed by atoms with Crippen LogP contribution in [0.25, 0.3) is 21.9 Å². The van der Waals surface area contributed by atoms with Crippen molar-refractivity contribution in [1.29, 1.82) is 0 Å². The number of pyridine rings is 1. The van der Waals surface area contributed by atoms with Crippen molar-refractivity contribution in [2.75, 3.05) is 5.73 Å². The molecule has 5 heteroatoms. The molecule has 0 fully saturated rings. The Morgan fingerprint density at radius 3 is 2.56 bits per heavy atom. The molecule has 2 heterocycles. The van der Waals surface area contributed by atoms with Gasteiger partial charge in [-0.1, -0.05) is 32.0 Å². The second kappa shape index (κ2) is 4.52. The number of fused-ring (bicyclic) bond motifs is 3. The first kappa shape index (κ1) is 12.2. The normalized spacial score (nSPS) is 10.4. The lowest BCUT2D eigenvalue weighted by atomic mass is 10.2.